The summed E-state index contributed by atoms with van der Waals surface area (Å²) in [7, 11) is 5.28. The van der Waals surface area contributed by atoms with E-state index in [2.05, 4.69) is 15.3 Å². The molecule has 6 nitrogen and oxygen atoms in total. The van der Waals surface area contributed by atoms with Crippen LogP contribution >= 0.6 is 0 Å². The maximum Gasteiger partial charge on any atom is 0.241 e. The molecule has 1 rings (SSSR count). The molecular weight excluding hydrogens is 230 g/mol. The smallest absolute Gasteiger partial charge is 0.241 e. The van der Waals surface area contributed by atoms with Crippen LogP contribution in [0.25, 0.3) is 0 Å². The Bertz CT molecular complexity index is 419. The number of amides is 1. The van der Waals surface area contributed by atoms with E-state index in [1.165, 1.54) is 0 Å². The van der Waals surface area contributed by atoms with Crippen LogP contribution in [0, 0.1) is 6.92 Å². The zero-order chi connectivity index (χ0) is 13.7. The van der Waals surface area contributed by atoms with Gasteiger partial charge in [0, 0.05) is 39.4 Å². The van der Waals surface area contributed by atoms with E-state index in [4.69, 9.17) is 0 Å². The summed E-state index contributed by atoms with van der Waals surface area (Å²) in [5.74, 6) is 1.42. The minimum Gasteiger partial charge on any atom is -0.357 e. The van der Waals surface area contributed by atoms with Gasteiger partial charge in [-0.15, -0.1) is 0 Å². The van der Waals surface area contributed by atoms with Gasteiger partial charge in [0.1, 0.15) is 5.82 Å². The third-order valence-electron chi connectivity index (χ3n) is 2.67. The molecule has 0 unspecified atom stereocenters. The largest absolute Gasteiger partial charge is 0.357 e. The monoisotopic (exact) mass is 251 g/mol. The van der Waals surface area contributed by atoms with E-state index in [-0.39, 0.29) is 5.91 Å². The number of aryl methyl sites for hydroxylation is 1. The van der Waals surface area contributed by atoms with Crippen molar-refractivity contribution >= 4 is 17.7 Å². The van der Waals surface area contributed by atoms with Gasteiger partial charge in [0.05, 0.1) is 6.54 Å². The molecule has 1 heterocycles. The van der Waals surface area contributed by atoms with Crippen molar-refractivity contribution in [2.45, 2.75) is 13.8 Å². The number of rotatable bonds is 5. The number of hydrogen-bond acceptors (Lipinski definition) is 5. The molecule has 0 atom stereocenters. The Labute approximate surface area is 108 Å². The fourth-order valence-corrected chi connectivity index (χ4v) is 1.51. The van der Waals surface area contributed by atoms with Crippen LogP contribution < -0.4 is 10.2 Å². The van der Waals surface area contributed by atoms with E-state index in [0.717, 1.165) is 17.9 Å². The number of nitrogens with zero attached hydrogens (tertiary/aromatic N) is 4. The van der Waals surface area contributed by atoms with Gasteiger partial charge in [-0.25, -0.2) is 4.98 Å². The maximum atomic E-state index is 11.8. The summed E-state index contributed by atoms with van der Waals surface area (Å²) >= 11 is 0. The third-order valence-corrected chi connectivity index (χ3v) is 2.67. The molecule has 0 radical (unpaired) electrons. The molecule has 1 aromatic heterocycles. The highest BCUT2D eigenvalue weighted by molar-refractivity contribution is 5.80. The third kappa shape index (κ3) is 3.32. The van der Waals surface area contributed by atoms with Gasteiger partial charge in [0.15, 0.2) is 0 Å². The van der Waals surface area contributed by atoms with Crippen LogP contribution in [-0.2, 0) is 4.79 Å². The second kappa shape index (κ2) is 6.18. The lowest BCUT2D eigenvalue weighted by molar-refractivity contribution is -0.127. The van der Waals surface area contributed by atoms with Gasteiger partial charge in [-0.1, -0.05) is 0 Å². The molecule has 0 aliphatic heterocycles. The predicted molar refractivity (Wildman–Crippen MR) is 72.9 cm³/mol. The number of nitrogens with one attached hydrogen (secondary N) is 1. The van der Waals surface area contributed by atoms with Crippen molar-refractivity contribution in [3.8, 4) is 0 Å². The SMILES string of the molecule is CCN(CC(=O)N(C)C)c1nc(NC)ncc1C. The molecule has 1 N–H and O–H groups in total. The normalized spacial score (nSPS) is 10.1. The molecule has 0 aliphatic carbocycles. The van der Waals surface area contributed by atoms with Crippen LogP contribution in [0.3, 0.4) is 0 Å². The summed E-state index contributed by atoms with van der Waals surface area (Å²) in [6, 6.07) is 0. The second-order valence-corrected chi connectivity index (χ2v) is 4.25. The van der Waals surface area contributed by atoms with Gasteiger partial charge < -0.3 is 15.1 Å². The van der Waals surface area contributed by atoms with E-state index in [9.17, 15) is 4.79 Å². The Kier molecular flexibility index (Phi) is 4.88. The molecule has 0 aliphatic rings. The van der Waals surface area contributed by atoms with E-state index >= 15 is 0 Å². The average molecular weight is 251 g/mol. The first kappa shape index (κ1) is 14.2. The quantitative estimate of drug-likeness (QED) is 0.836. The first-order valence-electron chi connectivity index (χ1n) is 5.96. The van der Waals surface area contributed by atoms with Crippen molar-refractivity contribution in [3.63, 3.8) is 0 Å². The Hall–Kier alpha value is -1.85. The van der Waals surface area contributed by atoms with E-state index in [0.29, 0.717) is 12.5 Å². The minimum absolute atomic E-state index is 0.0564. The van der Waals surface area contributed by atoms with Gasteiger partial charge in [0.25, 0.3) is 0 Å². The first-order valence-corrected chi connectivity index (χ1v) is 5.96. The van der Waals surface area contributed by atoms with Gasteiger partial charge in [0.2, 0.25) is 11.9 Å². The first-order chi connectivity index (χ1) is 8.49. The molecule has 0 fully saturated rings. The topological polar surface area (TPSA) is 61.4 Å². The Morgan fingerprint density at radius 3 is 2.61 bits per heavy atom. The minimum atomic E-state index is 0.0564. The predicted octanol–water partition coefficient (Wildman–Crippen LogP) is 0.741. The lowest BCUT2D eigenvalue weighted by atomic mass is 10.3. The highest BCUT2D eigenvalue weighted by atomic mass is 16.2. The van der Waals surface area contributed by atoms with Crippen LogP contribution in [0.4, 0.5) is 11.8 Å². The lowest BCUT2D eigenvalue weighted by Gasteiger charge is -2.24. The van der Waals surface area contributed by atoms with Crippen LogP contribution in [0.2, 0.25) is 0 Å². The summed E-state index contributed by atoms with van der Waals surface area (Å²) in [5.41, 5.74) is 0.961. The molecule has 0 spiro atoms. The summed E-state index contributed by atoms with van der Waals surface area (Å²) < 4.78 is 0. The highest BCUT2D eigenvalue weighted by Gasteiger charge is 2.15. The summed E-state index contributed by atoms with van der Waals surface area (Å²) in [6.07, 6.45) is 1.76. The standard InChI is InChI=1S/C12H21N5O/c1-6-17(8-10(18)16(4)5)11-9(2)7-14-12(13-3)15-11/h7H,6,8H2,1-5H3,(H,13,14,15). The molecular formula is C12H21N5O. The average Bonchev–Trinajstić information content (AvgIpc) is 2.36. The highest BCUT2D eigenvalue weighted by Crippen LogP contribution is 2.17. The van der Waals surface area contributed by atoms with Crippen molar-refractivity contribution in [1.29, 1.82) is 0 Å². The number of anilines is 2. The zero-order valence-electron chi connectivity index (χ0n) is 11.7. The molecule has 0 aromatic carbocycles. The Balaban J connectivity index is 2.97. The molecule has 6 heteroatoms. The van der Waals surface area contributed by atoms with Crippen molar-refractivity contribution < 1.29 is 4.79 Å². The van der Waals surface area contributed by atoms with Gasteiger partial charge in [-0.2, -0.15) is 4.98 Å². The molecule has 0 saturated heterocycles. The van der Waals surface area contributed by atoms with Gasteiger partial charge >= 0.3 is 0 Å². The Morgan fingerprint density at radius 1 is 1.44 bits per heavy atom. The fraction of sp³-hybridized carbons (Fsp3) is 0.583. The second-order valence-electron chi connectivity index (χ2n) is 4.25. The maximum absolute atomic E-state index is 11.8. The summed E-state index contributed by atoms with van der Waals surface area (Å²) in [4.78, 5) is 23.9. The summed E-state index contributed by atoms with van der Waals surface area (Å²) in [5, 5.41) is 2.91. The van der Waals surface area contributed by atoms with Crippen LogP contribution in [0.1, 0.15) is 12.5 Å². The van der Waals surface area contributed by atoms with Crippen molar-refractivity contribution in [2.75, 3.05) is 44.4 Å². The molecule has 100 valence electrons. The zero-order valence-corrected chi connectivity index (χ0v) is 11.7. The summed E-state index contributed by atoms with van der Waals surface area (Å²) in [6.45, 7) is 4.99. The van der Waals surface area contributed by atoms with Crippen LogP contribution in [0.5, 0.6) is 0 Å². The molecule has 0 saturated carbocycles. The molecule has 18 heavy (non-hydrogen) atoms. The Morgan fingerprint density at radius 2 is 2.11 bits per heavy atom. The van der Waals surface area contributed by atoms with Crippen LogP contribution in [0.15, 0.2) is 6.20 Å². The molecule has 1 aromatic rings. The van der Waals surface area contributed by atoms with E-state index < -0.39 is 0 Å². The number of carbonyl (C=O) groups excluding carboxylic acids is 1. The van der Waals surface area contributed by atoms with E-state index in [1.807, 2.05) is 18.7 Å². The number of likely N-dealkylation sites (N-methyl/N-ethyl adjacent to an activating group) is 2. The van der Waals surface area contributed by atoms with E-state index in [1.54, 1.807) is 32.2 Å². The fourth-order valence-electron chi connectivity index (χ4n) is 1.51. The van der Waals surface area contributed by atoms with Gasteiger partial charge in [-0.05, 0) is 13.8 Å². The molecule has 1 amide bonds. The number of carbonyl (C=O) groups is 1. The van der Waals surface area contributed by atoms with Crippen LogP contribution in [-0.4, -0.2) is 55.0 Å². The van der Waals surface area contributed by atoms with Crippen molar-refractivity contribution in [2.24, 2.45) is 0 Å². The lowest BCUT2D eigenvalue weighted by Crippen LogP contribution is -2.37. The number of hydrogen-bond donors (Lipinski definition) is 1. The van der Waals surface area contributed by atoms with Crippen molar-refractivity contribution in [3.05, 3.63) is 11.8 Å². The molecule has 0 bridgehead atoms. The number of aromatic nitrogens is 2. The van der Waals surface area contributed by atoms with Gasteiger partial charge in [-0.3, -0.25) is 4.79 Å². The van der Waals surface area contributed by atoms with Crippen molar-refractivity contribution in [1.82, 2.24) is 14.9 Å².